The second kappa shape index (κ2) is 13.4. The van der Waals surface area contributed by atoms with Crippen molar-refractivity contribution in [1.82, 2.24) is 4.90 Å². The highest BCUT2D eigenvalue weighted by Crippen LogP contribution is 2.38. The normalized spacial score (nSPS) is 12.8. The first-order valence-corrected chi connectivity index (χ1v) is 13.0. The van der Waals surface area contributed by atoms with E-state index in [1.54, 1.807) is 31.2 Å². The maximum absolute atomic E-state index is 13.0. The van der Waals surface area contributed by atoms with E-state index < -0.39 is 0 Å². The number of nitrogens with one attached hydrogen (secondary N) is 1. The first kappa shape index (κ1) is 27.7. The molecule has 3 aromatic rings. The van der Waals surface area contributed by atoms with E-state index in [9.17, 15) is 9.59 Å². The molecule has 1 aromatic heterocycles. The van der Waals surface area contributed by atoms with Gasteiger partial charge in [0.05, 0.1) is 18.8 Å². The number of fused-ring (bicyclic) bond motifs is 1. The number of halogens is 1. The lowest BCUT2D eigenvalue weighted by Crippen LogP contribution is -2.29. The lowest BCUT2D eigenvalue weighted by molar-refractivity contribution is 0.0526. The fourth-order valence-electron chi connectivity index (χ4n) is 4.15. The summed E-state index contributed by atoms with van der Waals surface area (Å²) in [7, 11) is 0. The van der Waals surface area contributed by atoms with E-state index in [2.05, 4.69) is 29.3 Å². The van der Waals surface area contributed by atoms with Crippen molar-refractivity contribution in [3.05, 3.63) is 81.7 Å². The van der Waals surface area contributed by atoms with Gasteiger partial charge in [-0.15, -0.1) is 23.7 Å². The molecule has 192 valence electrons. The molecule has 0 spiro atoms. The molecule has 0 fully saturated rings. The standard InChI is InChI=1S/C28H32N2O4S.ClH/c1-3-5-17-34-22-13-11-21(12-14-22)26(31)29-27-25(28(32)33-4-2)23-15-16-30(19-24(23)35-27)18-20-9-7-6-8-10-20;/h6-14H,3-5,15-19H2,1-2H3,(H,29,31);1H. The number of carbonyl (C=O) groups is 2. The first-order valence-electron chi connectivity index (χ1n) is 12.2. The Bertz CT molecular complexity index is 1150. The van der Waals surface area contributed by atoms with E-state index in [1.807, 2.05) is 18.2 Å². The molecule has 4 rings (SSSR count). The SMILES string of the molecule is CCCCOc1ccc(C(=O)Nc2sc3c(c2C(=O)OCC)CCN(Cc2ccccc2)C3)cc1.Cl. The number of benzene rings is 2. The van der Waals surface area contributed by atoms with E-state index in [0.29, 0.717) is 22.7 Å². The average molecular weight is 529 g/mol. The third-order valence-corrected chi connectivity index (χ3v) is 7.11. The van der Waals surface area contributed by atoms with Crippen LogP contribution in [0.3, 0.4) is 0 Å². The van der Waals surface area contributed by atoms with E-state index in [0.717, 1.165) is 55.1 Å². The van der Waals surface area contributed by atoms with Crippen molar-refractivity contribution in [2.75, 3.05) is 25.1 Å². The van der Waals surface area contributed by atoms with Gasteiger partial charge in [0.2, 0.25) is 0 Å². The number of carbonyl (C=O) groups excluding carboxylic acids is 2. The predicted octanol–water partition coefficient (Wildman–Crippen LogP) is 6.34. The molecule has 36 heavy (non-hydrogen) atoms. The van der Waals surface area contributed by atoms with Crippen LogP contribution in [0.2, 0.25) is 0 Å². The molecule has 0 aliphatic carbocycles. The van der Waals surface area contributed by atoms with E-state index in [1.165, 1.54) is 16.9 Å². The van der Waals surface area contributed by atoms with Crippen LogP contribution in [0.15, 0.2) is 54.6 Å². The van der Waals surface area contributed by atoms with Crippen LogP contribution < -0.4 is 10.1 Å². The van der Waals surface area contributed by atoms with E-state index >= 15 is 0 Å². The van der Waals surface area contributed by atoms with Crippen molar-refractivity contribution in [1.29, 1.82) is 0 Å². The van der Waals surface area contributed by atoms with Crippen molar-refractivity contribution in [3.8, 4) is 5.75 Å². The lowest BCUT2D eigenvalue weighted by Gasteiger charge is -2.27. The topological polar surface area (TPSA) is 67.9 Å². The molecule has 0 saturated carbocycles. The molecule has 2 aromatic carbocycles. The van der Waals surface area contributed by atoms with Crippen LogP contribution >= 0.6 is 23.7 Å². The van der Waals surface area contributed by atoms with Crippen molar-refractivity contribution in [3.63, 3.8) is 0 Å². The Morgan fingerprint density at radius 1 is 1.06 bits per heavy atom. The molecule has 6 nitrogen and oxygen atoms in total. The fraction of sp³-hybridized carbons (Fsp3) is 0.357. The lowest BCUT2D eigenvalue weighted by atomic mass is 10.0. The third-order valence-electron chi connectivity index (χ3n) is 5.97. The predicted molar refractivity (Wildman–Crippen MR) is 147 cm³/mol. The highest BCUT2D eigenvalue weighted by Gasteiger charge is 2.29. The summed E-state index contributed by atoms with van der Waals surface area (Å²) in [5.74, 6) is 0.110. The van der Waals surface area contributed by atoms with Crippen LogP contribution in [0.5, 0.6) is 5.75 Å². The van der Waals surface area contributed by atoms with Crippen molar-refractivity contribution < 1.29 is 19.1 Å². The molecule has 0 atom stereocenters. The number of anilines is 1. The highest BCUT2D eigenvalue weighted by molar-refractivity contribution is 7.17. The number of unbranched alkanes of at least 4 members (excludes halogenated alkanes) is 1. The highest BCUT2D eigenvalue weighted by atomic mass is 35.5. The second-order valence-corrected chi connectivity index (χ2v) is 9.66. The summed E-state index contributed by atoms with van der Waals surface area (Å²) in [5, 5.41) is 3.54. The molecule has 0 bridgehead atoms. The summed E-state index contributed by atoms with van der Waals surface area (Å²) < 4.78 is 11.0. The molecule has 2 heterocycles. The molecule has 0 unspecified atom stereocenters. The number of nitrogens with zero attached hydrogens (tertiary/aromatic N) is 1. The van der Waals surface area contributed by atoms with Crippen LogP contribution in [0.1, 0.15) is 63.4 Å². The number of hydrogen-bond donors (Lipinski definition) is 1. The molecule has 0 saturated heterocycles. The minimum Gasteiger partial charge on any atom is -0.494 e. The summed E-state index contributed by atoms with van der Waals surface area (Å²) in [4.78, 5) is 29.4. The van der Waals surface area contributed by atoms with Crippen LogP contribution in [-0.2, 0) is 24.2 Å². The smallest absolute Gasteiger partial charge is 0.341 e. The van der Waals surface area contributed by atoms with Gasteiger partial charge in [-0.2, -0.15) is 0 Å². The van der Waals surface area contributed by atoms with Gasteiger partial charge < -0.3 is 14.8 Å². The Kier molecular flexibility index (Phi) is 10.3. The Labute approximate surface area is 223 Å². The van der Waals surface area contributed by atoms with Gasteiger partial charge >= 0.3 is 5.97 Å². The van der Waals surface area contributed by atoms with Crippen LogP contribution in [-0.4, -0.2) is 36.5 Å². The number of rotatable bonds is 10. The summed E-state index contributed by atoms with van der Waals surface area (Å²) >= 11 is 1.47. The maximum atomic E-state index is 13.0. The van der Waals surface area contributed by atoms with Crippen molar-refractivity contribution in [2.45, 2.75) is 46.2 Å². The maximum Gasteiger partial charge on any atom is 0.341 e. The summed E-state index contributed by atoms with van der Waals surface area (Å²) in [5.41, 5.74) is 3.26. The van der Waals surface area contributed by atoms with Gasteiger partial charge in [0.1, 0.15) is 10.8 Å². The quantitative estimate of drug-likeness (QED) is 0.246. The van der Waals surface area contributed by atoms with E-state index in [4.69, 9.17) is 9.47 Å². The Hall–Kier alpha value is -2.87. The number of hydrogen-bond acceptors (Lipinski definition) is 6. The van der Waals surface area contributed by atoms with Crippen molar-refractivity contribution in [2.24, 2.45) is 0 Å². The molecule has 8 heteroatoms. The summed E-state index contributed by atoms with van der Waals surface area (Å²) in [6, 6.07) is 17.5. The number of thiophene rings is 1. The zero-order valence-electron chi connectivity index (χ0n) is 20.7. The average Bonchev–Trinajstić information content (AvgIpc) is 3.22. The summed E-state index contributed by atoms with van der Waals surface area (Å²) in [6.07, 6.45) is 2.80. The summed E-state index contributed by atoms with van der Waals surface area (Å²) in [6.45, 7) is 7.29. The van der Waals surface area contributed by atoms with Crippen molar-refractivity contribution >= 4 is 40.6 Å². The molecule has 0 radical (unpaired) electrons. The molecular formula is C28H33ClN2O4S. The van der Waals surface area contributed by atoms with Crippen LogP contribution in [0, 0.1) is 0 Å². The Morgan fingerprint density at radius 2 is 1.81 bits per heavy atom. The van der Waals surface area contributed by atoms with Crippen LogP contribution in [0.4, 0.5) is 5.00 Å². The monoisotopic (exact) mass is 528 g/mol. The van der Waals surface area contributed by atoms with Gasteiger partial charge in [0, 0.05) is 30.1 Å². The van der Waals surface area contributed by atoms with Gasteiger partial charge in [-0.05, 0) is 55.2 Å². The van der Waals surface area contributed by atoms with Gasteiger partial charge in [-0.1, -0.05) is 43.7 Å². The zero-order valence-corrected chi connectivity index (χ0v) is 22.4. The fourth-order valence-corrected chi connectivity index (χ4v) is 5.43. The number of esters is 1. The van der Waals surface area contributed by atoms with E-state index in [-0.39, 0.29) is 30.9 Å². The van der Waals surface area contributed by atoms with Gasteiger partial charge in [0.25, 0.3) is 5.91 Å². The Balaban J connectivity index is 0.00000361. The molecule has 1 aliphatic rings. The molecular weight excluding hydrogens is 496 g/mol. The minimum atomic E-state index is -0.378. The van der Waals surface area contributed by atoms with Gasteiger partial charge in [0.15, 0.2) is 0 Å². The van der Waals surface area contributed by atoms with Gasteiger partial charge in [-0.3, -0.25) is 9.69 Å². The Morgan fingerprint density at radius 3 is 2.50 bits per heavy atom. The molecule has 1 amide bonds. The third kappa shape index (κ3) is 6.87. The number of amides is 1. The largest absolute Gasteiger partial charge is 0.494 e. The molecule has 1 aliphatic heterocycles. The second-order valence-electron chi connectivity index (χ2n) is 8.56. The van der Waals surface area contributed by atoms with Crippen LogP contribution in [0.25, 0.3) is 0 Å². The first-order chi connectivity index (χ1) is 17.1. The molecule has 1 N–H and O–H groups in total. The number of ether oxygens (including phenoxy) is 2. The zero-order chi connectivity index (χ0) is 24.6. The minimum absolute atomic E-state index is 0. The van der Waals surface area contributed by atoms with Gasteiger partial charge in [-0.25, -0.2) is 4.79 Å².